The number of sulfonamides is 1. The molecule has 0 atom stereocenters. The molecule has 5 nitrogen and oxygen atoms in total. The average Bonchev–Trinajstić information content (AvgIpc) is 2.59. The van der Waals surface area contributed by atoms with Crippen LogP contribution in [-0.2, 0) is 21.0 Å². The van der Waals surface area contributed by atoms with Gasteiger partial charge in [-0.25, -0.2) is 8.42 Å². The summed E-state index contributed by atoms with van der Waals surface area (Å²) in [6, 6.07) is 11.3. The first kappa shape index (κ1) is 21.7. The van der Waals surface area contributed by atoms with E-state index in [-0.39, 0.29) is 31.0 Å². The average molecular weight is 414 g/mol. The van der Waals surface area contributed by atoms with E-state index in [0.717, 1.165) is 34.3 Å². The summed E-state index contributed by atoms with van der Waals surface area (Å²) in [6.07, 6.45) is -3.48. The SMILES string of the molecule is Cc1ccccc1NC(=O)CCCN(c1cccc(C(F)(F)F)c1)S(C)(=O)=O. The molecule has 0 bridgehead atoms. The summed E-state index contributed by atoms with van der Waals surface area (Å²) in [4.78, 5) is 12.1. The van der Waals surface area contributed by atoms with E-state index in [1.54, 1.807) is 12.1 Å². The summed E-state index contributed by atoms with van der Waals surface area (Å²) in [5.41, 5.74) is 0.524. The van der Waals surface area contributed by atoms with Crippen LogP contribution in [0.3, 0.4) is 0 Å². The van der Waals surface area contributed by atoms with Gasteiger partial charge in [0.1, 0.15) is 0 Å². The molecule has 152 valence electrons. The normalized spacial score (nSPS) is 11.9. The lowest BCUT2D eigenvalue weighted by Gasteiger charge is -2.23. The van der Waals surface area contributed by atoms with Crippen LogP contribution in [-0.4, -0.2) is 27.1 Å². The Kier molecular flexibility index (Phi) is 6.71. The highest BCUT2D eigenvalue weighted by atomic mass is 32.2. The summed E-state index contributed by atoms with van der Waals surface area (Å²) in [5.74, 6) is -0.299. The predicted molar refractivity (Wildman–Crippen MR) is 103 cm³/mol. The quantitative estimate of drug-likeness (QED) is 0.739. The molecule has 2 rings (SSSR count). The Bertz CT molecular complexity index is 943. The molecule has 0 saturated heterocycles. The second kappa shape index (κ2) is 8.64. The molecule has 2 aromatic carbocycles. The zero-order valence-corrected chi connectivity index (χ0v) is 16.3. The van der Waals surface area contributed by atoms with Gasteiger partial charge in [-0.05, 0) is 43.2 Å². The van der Waals surface area contributed by atoms with E-state index in [0.29, 0.717) is 5.69 Å². The van der Waals surface area contributed by atoms with E-state index in [9.17, 15) is 26.4 Å². The molecule has 0 heterocycles. The zero-order valence-electron chi connectivity index (χ0n) is 15.5. The van der Waals surface area contributed by atoms with Crippen molar-refractivity contribution in [3.05, 3.63) is 59.7 Å². The van der Waals surface area contributed by atoms with Crippen LogP contribution in [0.1, 0.15) is 24.0 Å². The van der Waals surface area contributed by atoms with Crippen molar-refractivity contribution in [3.63, 3.8) is 0 Å². The number of nitrogens with one attached hydrogen (secondary N) is 1. The Hall–Kier alpha value is -2.55. The number of anilines is 2. The van der Waals surface area contributed by atoms with Crippen LogP contribution >= 0.6 is 0 Å². The van der Waals surface area contributed by atoms with Crippen molar-refractivity contribution in [1.29, 1.82) is 0 Å². The molecule has 0 spiro atoms. The van der Waals surface area contributed by atoms with Crippen LogP contribution in [0.15, 0.2) is 48.5 Å². The number of rotatable bonds is 7. The topological polar surface area (TPSA) is 66.5 Å². The van der Waals surface area contributed by atoms with Crippen molar-refractivity contribution in [2.24, 2.45) is 0 Å². The molecule has 1 N–H and O–H groups in total. The van der Waals surface area contributed by atoms with Gasteiger partial charge in [-0.3, -0.25) is 9.10 Å². The van der Waals surface area contributed by atoms with Crippen LogP contribution in [0.5, 0.6) is 0 Å². The number of amides is 1. The molecule has 0 aliphatic carbocycles. The number of hydrogen-bond donors (Lipinski definition) is 1. The first-order valence-electron chi connectivity index (χ1n) is 8.49. The number of carbonyl (C=O) groups excluding carboxylic acids is 1. The maximum absolute atomic E-state index is 12.9. The molecule has 0 saturated carbocycles. The summed E-state index contributed by atoms with van der Waals surface area (Å²) in [7, 11) is -3.81. The standard InChI is InChI=1S/C19H21F3N2O3S/c1-14-7-3-4-10-17(14)23-18(25)11-6-12-24(28(2,26)27)16-9-5-8-15(13-16)19(20,21)22/h3-5,7-10,13H,6,11-12H2,1-2H3,(H,23,25). The minimum absolute atomic E-state index is 0.0271. The molecular weight excluding hydrogens is 393 g/mol. The number of hydrogen-bond acceptors (Lipinski definition) is 3. The van der Waals surface area contributed by atoms with Gasteiger partial charge in [0.25, 0.3) is 0 Å². The van der Waals surface area contributed by atoms with Gasteiger partial charge >= 0.3 is 6.18 Å². The molecule has 9 heteroatoms. The summed E-state index contributed by atoms with van der Waals surface area (Å²) in [5, 5.41) is 2.74. The van der Waals surface area contributed by atoms with Gasteiger partial charge in [-0.15, -0.1) is 0 Å². The van der Waals surface area contributed by atoms with Crippen molar-refractivity contribution >= 4 is 27.3 Å². The molecule has 2 aromatic rings. The molecule has 0 fully saturated rings. The Balaban J connectivity index is 2.06. The van der Waals surface area contributed by atoms with Crippen LogP contribution in [0, 0.1) is 6.92 Å². The monoisotopic (exact) mass is 414 g/mol. The maximum atomic E-state index is 12.9. The van der Waals surface area contributed by atoms with Gasteiger partial charge in [-0.2, -0.15) is 13.2 Å². The Morgan fingerprint density at radius 3 is 2.39 bits per heavy atom. The predicted octanol–water partition coefficient (Wildman–Crippen LogP) is 4.20. The Morgan fingerprint density at radius 2 is 1.79 bits per heavy atom. The highest BCUT2D eigenvalue weighted by molar-refractivity contribution is 7.92. The van der Waals surface area contributed by atoms with Gasteiger partial charge < -0.3 is 5.32 Å². The number of para-hydroxylation sites is 1. The van der Waals surface area contributed by atoms with E-state index in [2.05, 4.69) is 5.32 Å². The largest absolute Gasteiger partial charge is 0.416 e. The fraction of sp³-hybridized carbons (Fsp3) is 0.316. The second-order valence-corrected chi connectivity index (χ2v) is 8.26. The number of benzene rings is 2. The van der Waals surface area contributed by atoms with E-state index in [4.69, 9.17) is 0 Å². The molecule has 0 aromatic heterocycles. The van der Waals surface area contributed by atoms with Crippen LogP contribution in [0.2, 0.25) is 0 Å². The molecule has 0 aliphatic rings. The molecule has 0 aliphatic heterocycles. The van der Waals surface area contributed by atoms with Crippen LogP contribution in [0.4, 0.5) is 24.5 Å². The van der Waals surface area contributed by atoms with Crippen molar-refractivity contribution in [2.45, 2.75) is 25.9 Å². The lowest BCUT2D eigenvalue weighted by Crippen LogP contribution is -2.31. The summed E-state index contributed by atoms with van der Waals surface area (Å²) < 4.78 is 63.7. The van der Waals surface area contributed by atoms with Gasteiger partial charge in [-0.1, -0.05) is 24.3 Å². The Labute approximate surface area is 162 Å². The number of halogens is 3. The fourth-order valence-electron chi connectivity index (χ4n) is 2.63. The summed E-state index contributed by atoms with van der Waals surface area (Å²) in [6.45, 7) is 1.73. The third-order valence-electron chi connectivity index (χ3n) is 4.05. The highest BCUT2D eigenvalue weighted by Gasteiger charge is 2.31. The van der Waals surface area contributed by atoms with E-state index in [1.165, 1.54) is 6.07 Å². The van der Waals surface area contributed by atoms with Crippen molar-refractivity contribution in [3.8, 4) is 0 Å². The van der Waals surface area contributed by atoms with Crippen LogP contribution in [0.25, 0.3) is 0 Å². The lowest BCUT2D eigenvalue weighted by molar-refractivity contribution is -0.137. The molecular formula is C19H21F3N2O3S. The number of carbonyl (C=O) groups is 1. The van der Waals surface area contributed by atoms with E-state index in [1.807, 2.05) is 19.1 Å². The second-order valence-electron chi connectivity index (χ2n) is 6.35. The van der Waals surface area contributed by atoms with E-state index >= 15 is 0 Å². The third kappa shape index (κ3) is 5.98. The zero-order chi connectivity index (χ0) is 20.9. The molecule has 1 amide bonds. The fourth-order valence-corrected chi connectivity index (χ4v) is 3.59. The van der Waals surface area contributed by atoms with Gasteiger partial charge in [0.15, 0.2) is 0 Å². The van der Waals surface area contributed by atoms with E-state index < -0.39 is 21.8 Å². The maximum Gasteiger partial charge on any atom is 0.416 e. The molecule has 28 heavy (non-hydrogen) atoms. The number of alkyl halides is 3. The highest BCUT2D eigenvalue weighted by Crippen LogP contribution is 2.32. The van der Waals surface area contributed by atoms with Gasteiger partial charge in [0, 0.05) is 18.7 Å². The van der Waals surface area contributed by atoms with Gasteiger partial charge in [0.2, 0.25) is 15.9 Å². The molecule has 0 radical (unpaired) electrons. The van der Waals surface area contributed by atoms with Crippen molar-refractivity contribution in [2.75, 3.05) is 22.4 Å². The first-order valence-corrected chi connectivity index (χ1v) is 10.3. The van der Waals surface area contributed by atoms with Crippen molar-refractivity contribution in [1.82, 2.24) is 0 Å². The lowest BCUT2D eigenvalue weighted by atomic mass is 10.2. The first-order chi connectivity index (χ1) is 13.0. The minimum atomic E-state index is -4.58. The summed E-state index contributed by atoms with van der Waals surface area (Å²) >= 11 is 0. The minimum Gasteiger partial charge on any atom is -0.326 e. The third-order valence-corrected chi connectivity index (χ3v) is 5.24. The van der Waals surface area contributed by atoms with Crippen LogP contribution < -0.4 is 9.62 Å². The number of nitrogens with zero attached hydrogens (tertiary/aromatic N) is 1. The molecule has 0 unspecified atom stereocenters. The number of aryl methyl sites for hydroxylation is 1. The smallest absolute Gasteiger partial charge is 0.326 e. The van der Waals surface area contributed by atoms with Crippen molar-refractivity contribution < 1.29 is 26.4 Å². The Morgan fingerprint density at radius 1 is 1.11 bits per heavy atom. The van der Waals surface area contributed by atoms with Gasteiger partial charge in [0.05, 0.1) is 17.5 Å².